The first-order valence-corrected chi connectivity index (χ1v) is 7.01. The van der Waals surface area contributed by atoms with Crippen LogP contribution in [0.5, 0.6) is 0 Å². The minimum absolute atomic E-state index is 0.160. The third-order valence-electron chi connectivity index (χ3n) is 4.18. The Hall–Kier alpha value is -1.59. The molecule has 0 radical (unpaired) electrons. The molecule has 5 nitrogen and oxygen atoms in total. The zero-order valence-electron chi connectivity index (χ0n) is 12.5. The molecule has 1 saturated heterocycles. The molecule has 0 amide bonds. The van der Waals surface area contributed by atoms with Gasteiger partial charge in [-0.2, -0.15) is 0 Å². The molecule has 0 spiro atoms. The van der Waals surface area contributed by atoms with E-state index in [4.69, 9.17) is 10.9 Å². The molecule has 0 bridgehead atoms. The second kappa shape index (κ2) is 6.24. The summed E-state index contributed by atoms with van der Waals surface area (Å²) < 4.78 is 0. The zero-order chi connectivity index (χ0) is 14.7. The van der Waals surface area contributed by atoms with Gasteiger partial charge in [-0.3, -0.25) is 4.90 Å². The number of nitrogens with zero attached hydrogens (tertiary/aromatic N) is 3. The van der Waals surface area contributed by atoms with Crippen LogP contribution in [0.1, 0.15) is 23.6 Å². The van der Waals surface area contributed by atoms with Crippen molar-refractivity contribution in [2.45, 2.75) is 26.4 Å². The van der Waals surface area contributed by atoms with Crippen LogP contribution in [0.15, 0.2) is 23.4 Å². The van der Waals surface area contributed by atoms with Crippen LogP contribution in [0.2, 0.25) is 0 Å². The quantitative estimate of drug-likeness (QED) is 0.377. The van der Waals surface area contributed by atoms with Crippen LogP contribution in [0, 0.1) is 6.92 Å². The Kier molecular flexibility index (Phi) is 4.62. The van der Waals surface area contributed by atoms with Gasteiger partial charge < -0.3 is 15.8 Å². The lowest BCUT2D eigenvalue weighted by Gasteiger charge is -2.37. The van der Waals surface area contributed by atoms with Crippen LogP contribution in [0.25, 0.3) is 0 Å². The van der Waals surface area contributed by atoms with E-state index >= 15 is 0 Å². The van der Waals surface area contributed by atoms with Gasteiger partial charge in [-0.25, -0.2) is 0 Å². The molecule has 1 aromatic rings. The maximum Gasteiger partial charge on any atom is 0.170 e. The van der Waals surface area contributed by atoms with Crippen molar-refractivity contribution in [3.63, 3.8) is 0 Å². The molecule has 1 fully saturated rings. The highest BCUT2D eigenvalue weighted by atomic mass is 16.4. The van der Waals surface area contributed by atoms with Crippen LogP contribution in [-0.4, -0.2) is 53.6 Å². The predicted molar refractivity (Wildman–Crippen MR) is 81.1 cm³/mol. The van der Waals surface area contributed by atoms with Gasteiger partial charge in [-0.1, -0.05) is 17.3 Å². The van der Waals surface area contributed by atoms with Crippen LogP contribution < -0.4 is 5.73 Å². The van der Waals surface area contributed by atoms with Gasteiger partial charge in [0.05, 0.1) is 0 Å². The Bertz CT molecular complexity index is 501. The smallest absolute Gasteiger partial charge is 0.170 e. The molecule has 0 aromatic heterocycles. The number of hydrogen-bond acceptors (Lipinski definition) is 4. The van der Waals surface area contributed by atoms with E-state index in [-0.39, 0.29) is 5.84 Å². The first-order chi connectivity index (χ1) is 9.51. The number of likely N-dealkylation sites (N-methyl/N-ethyl adjacent to an activating group) is 1. The highest BCUT2D eigenvalue weighted by Crippen LogP contribution is 2.16. The van der Waals surface area contributed by atoms with Crippen LogP contribution in [0.3, 0.4) is 0 Å². The molecule has 2 rings (SSSR count). The monoisotopic (exact) mass is 276 g/mol. The van der Waals surface area contributed by atoms with E-state index in [9.17, 15) is 0 Å². The normalized spacial score (nSPS) is 22.1. The molecule has 1 unspecified atom stereocenters. The Morgan fingerprint density at radius 2 is 2.20 bits per heavy atom. The summed E-state index contributed by atoms with van der Waals surface area (Å²) in [5, 5.41) is 11.8. The van der Waals surface area contributed by atoms with Crippen molar-refractivity contribution >= 4 is 5.84 Å². The first kappa shape index (κ1) is 14.8. The molecule has 3 N–H and O–H groups in total. The third-order valence-corrected chi connectivity index (χ3v) is 4.18. The summed E-state index contributed by atoms with van der Waals surface area (Å²) in [6.07, 6.45) is 0. The molecular weight excluding hydrogens is 252 g/mol. The molecule has 0 aliphatic carbocycles. The van der Waals surface area contributed by atoms with Crippen molar-refractivity contribution in [1.29, 1.82) is 0 Å². The summed E-state index contributed by atoms with van der Waals surface area (Å²) in [5.74, 6) is 0.160. The average molecular weight is 276 g/mol. The van der Waals surface area contributed by atoms with Gasteiger partial charge in [-0.05, 0) is 38.1 Å². The van der Waals surface area contributed by atoms with E-state index in [0.717, 1.165) is 31.7 Å². The van der Waals surface area contributed by atoms with E-state index < -0.39 is 0 Å². The van der Waals surface area contributed by atoms with E-state index in [2.05, 4.69) is 41.9 Å². The van der Waals surface area contributed by atoms with Gasteiger partial charge in [0.1, 0.15) is 0 Å². The van der Waals surface area contributed by atoms with Crippen LogP contribution in [-0.2, 0) is 6.54 Å². The lowest BCUT2D eigenvalue weighted by Crippen LogP contribution is -2.49. The van der Waals surface area contributed by atoms with Crippen molar-refractivity contribution in [3.05, 3.63) is 34.9 Å². The first-order valence-electron chi connectivity index (χ1n) is 7.01. The molecule has 1 heterocycles. The van der Waals surface area contributed by atoms with Gasteiger partial charge in [0.15, 0.2) is 5.84 Å². The lowest BCUT2D eigenvalue weighted by molar-refractivity contribution is 0.0998. The molecule has 1 aliphatic rings. The van der Waals surface area contributed by atoms with Crippen molar-refractivity contribution in [3.8, 4) is 0 Å². The second-order valence-corrected chi connectivity index (χ2v) is 5.69. The fourth-order valence-electron chi connectivity index (χ4n) is 2.60. The molecule has 20 heavy (non-hydrogen) atoms. The molecular formula is C15H24N4O. The topological polar surface area (TPSA) is 65.1 Å². The minimum atomic E-state index is 0.160. The van der Waals surface area contributed by atoms with Crippen molar-refractivity contribution in [2.75, 3.05) is 26.7 Å². The van der Waals surface area contributed by atoms with Crippen LogP contribution in [0.4, 0.5) is 0 Å². The molecule has 0 saturated carbocycles. The summed E-state index contributed by atoms with van der Waals surface area (Å²) in [6.45, 7) is 8.60. The maximum absolute atomic E-state index is 8.71. The average Bonchev–Trinajstić information content (AvgIpc) is 2.44. The number of oxime groups is 1. The molecule has 1 aliphatic heterocycles. The van der Waals surface area contributed by atoms with E-state index in [1.54, 1.807) is 0 Å². The Morgan fingerprint density at radius 3 is 2.80 bits per heavy atom. The summed E-state index contributed by atoms with van der Waals surface area (Å²) >= 11 is 0. The predicted octanol–water partition coefficient (Wildman–Crippen LogP) is 1.23. The Balaban J connectivity index is 2.07. The van der Waals surface area contributed by atoms with E-state index in [1.165, 1.54) is 11.1 Å². The van der Waals surface area contributed by atoms with Gasteiger partial charge in [-0.15, -0.1) is 0 Å². The van der Waals surface area contributed by atoms with Crippen molar-refractivity contribution in [1.82, 2.24) is 9.80 Å². The number of aryl methyl sites for hydroxylation is 1. The number of nitrogens with two attached hydrogens (primary N) is 1. The fourth-order valence-corrected chi connectivity index (χ4v) is 2.60. The molecule has 110 valence electrons. The standard InChI is InChI=1S/C15H24N4O/c1-11-8-13(15(16)17-20)4-5-14(11)10-19-7-6-18(3)12(2)9-19/h4-5,8,12,20H,6-7,9-10H2,1-3H3,(H2,16,17). The number of piperazine rings is 1. The molecule has 1 atom stereocenters. The lowest BCUT2D eigenvalue weighted by atomic mass is 10.0. The van der Waals surface area contributed by atoms with E-state index in [0.29, 0.717) is 6.04 Å². The number of benzene rings is 1. The number of hydrogen-bond donors (Lipinski definition) is 2. The summed E-state index contributed by atoms with van der Waals surface area (Å²) in [7, 11) is 2.18. The molecule has 1 aromatic carbocycles. The summed E-state index contributed by atoms with van der Waals surface area (Å²) in [6, 6.07) is 6.56. The van der Waals surface area contributed by atoms with Gasteiger partial charge >= 0.3 is 0 Å². The Labute approximate surface area is 120 Å². The number of rotatable bonds is 3. The highest BCUT2D eigenvalue weighted by molar-refractivity contribution is 5.97. The van der Waals surface area contributed by atoms with Crippen molar-refractivity contribution < 1.29 is 5.21 Å². The summed E-state index contributed by atoms with van der Waals surface area (Å²) in [5.41, 5.74) is 8.86. The maximum atomic E-state index is 8.71. The van der Waals surface area contributed by atoms with Gasteiger partial charge in [0.2, 0.25) is 0 Å². The van der Waals surface area contributed by atoms with Gasteiger partial charge in [0, 0.05) is 37.8 Å². The van der Waals surface area contributed by atoms with Crippen molar-refractivity contribution in [2.24, 2.45) is 10.9 Å². The summed E-state index contributed by atoms with van der Waals surface area (Å²) in [4.78, 5) is 4.88. The minimum Gasteiger partial charge on any atom is -0.409 e. The Morgan fingerprint density at radius 1 is 1.45 bits per heavy atom. The van der Waals surface area contributed by atoms with E-state index in [1.807, 2.05) is 12.1 Å². The molecule has 5 heteroatoms. The largest absolute Gasteiger partial charge is 0.409 e. The van der Waals surface area contributed by atoms with Gasteiger partial charge in [0.25, 0.3) is 0 Å². The number of amidine groups is 1. The third kappa shape index (κ3) is 3.29. The zero-order valence-corrected chi connectivity index (χ0v) is 12.5. The van der Waals surface area contributed by atoms with Crippen LogP contribution >= 0.6 is 0 Å². The fraction of sp³-hybridized carbons (Fsp3) is 0.533. The second-order valence-electron chi connectivity index (χ2n) is 5.69. The highest BCUT2D eigenvalue weighted by Gasteiger charge is 2.20. The SMILES string of the molecule is Cc1cc(/C(N)=N/O)ccc1CN1CCN(C)C(C)C1.